The molecule has 0 unspecified atom stereocenters. The van der Waals surface area contributed by atoms with Gasteiger partial charge < -0.3 is 10.0 Å². The summed E-state index contributed by atoms with van der Waals surface area (Å²) in [6, 6.07) is 10.0. The lowest BCUT2D eigenvalue weighted by Gasteiger charge is -2.27. The smallest absolute Gasteiger partial charge is 0.356 e. The number of amides is 1. The maximum Gasteiger partial charge on any atom is 0.356 e. The summed E-state index contributed by atoms with van der Waals surface area (Å²) in [5, 5.41) is 11.2. The van der Waals surface area contributed by atoms with E-state index in [1.807, 2.05) is 39.1 Å². The molecule has 2 N–H and O–H groups in total. The van der Waals surface area contributed by atoms with Gasteiger partial charge in [-0.2, -0.15) is 0 Å². The monoisotopic (exact) mass is 380 g/mol. The van der Waals surface area contributed by atoms with E-state index >= 15 is 0 Å². The van der Waals surface area contributed by atoms with Crippen molar-refractivity contribution in [2.24, 2.45) is 0 Å². The normalized spacial score (nSPS) is 20.0. The predicted octanol–water partition coefficient (Wildman–Crippen LogP) is 2.84. The van der Waals surface area contributed by atoms with E-state index in [4.69, 9.17) is 39.9 Å². The lowest BCUT2D eigenvalue weighted by molar-refractivity contribution is -0.136. The first-order chi connectivity index (χ1) is 10.4. The van der Waals surface area contributed by atoms with E-state index in [0.717, 1.165) is 6.42 Å². The van der Waals surface area contributed by atoms with Gasteiger partial charge in [0.2, 0.25) is 5.91 Å². The molecule has 1 aromatic rings. The Hall–Kier alpha value is -1.01. The van der Waals surface area contributed by atoms with Crippen LogP contribution in [0.4, 0.5) is 0 Å². The molecule has 5 nitrogen and oxygen atoms in total. The number of carboxylic acid groups (broad SMARTS) is 1. The number of alkyl halides is 3. The van der Waals surface area contributed by atoms with Gasteiger partial charge in [-0.1, -0.05) is 65.1 Å². The van der Waals surface area contributed by atoms with Crippen LogP contribution in [-0.2, 0) is 16.0 Å². The molecule has 0 aromatic heterocycles. The molecule has 2 rings (SSSR count). The second kappa shape index (κ2) is 7.71. The average molecular weight is 382 g/mol. The van der Waals surface area contributed by atoms with Crippen molar-refractivity contribution in [3.05, 3.63) is 35.9 Å². The predicted molar refractivity (Wildman–Crippen MR) is 91.8 cm³/mol. The minimum absolute atomic E-state index is 0.0950. The molecule has 0 aliphatic carbocycles. The molecular weight excluding hydrogens is 363 g/mol. The van der Waals surface area contributed by atoms with Crippen LogP contribution in [-0.4, -0.2) is 44.4 Å². The Labute approximate surface area is 150 Å². The van der Waals surface area contributed by atoms with Crippen LogP contribution in [0.5, 0.6) is 0 Å². The molecule has 0 saturated carbocycles. The van der Waals surface area contributed by atoms with E-state index < -0.39 is 9.76 Å². The molecule has 0 bridgehead atoms. The number of nitrogens with one attached hydrogen (secondary N) is 1. The van der Waals surface area contributed by atoms with Crippen LogP contribution in [0.3, 0.4) is 0 Å². The largest absolute Gasteiger partial charge is 0.478 e. The van der Waals surface area contributed by atoms with Crippen molar-refractivity contribution < 1.29 is 14.7 Å². The van der Waals surface area contributed by atoms with Crippen LogP contribution in [0.15, 0.2) is 30.3 Å². The third-order valence-corrected chi connectivity index (χ3v) is 4.00. The number of halogens is 3. The Bertz CT molecular complexity index is 559. The van der Waals surface area contributed by atoms with E-state index in [2.05, 4.69) is 17.4 Å². The summed E-state index contributed by atoms with van der Waals surface area (Å²) >= 11 is 14.4. The van der Waals surface area contributed by atoms with Gasteiger partial charge in [0.15, 0.2) is 0 Å². The van der Waals surface area contributed by atoms with Gasteiger partial charge in [-0.15, -0.1) is 0 Å². The van der Waals surface area contributed by atoms with Crippen molar-refractivity contribution in [1.82, 2.24) is 10.2 Å². The lowest BCUT2D eigenvalue weighted by Crippen LogP contribution is -2.45. The van der Waals surface area contributed by atoms with Crippen LogP contribution < -0.4 is 5.32 Å². The summed E-state index contributed by atoms with van der Waals surface area (Å²) in [5.74, 6) is -1.29. The molecule has 1 aliphatic rings. The zero-order valence-electron chi connectivity index (χ0n) is 13.0. The van der Waals surface area contributed by atoms with E-state index in [-0.39, 0.29) is 17.6 Å². The van der Waals surface area contributed by atoms with Crippen molar-refractivity contribution in [2.45, 2.75) is 35.8 Å². The summed E-state index contributed by atoms with van der Waals surface area (Å²) in [6.07, 6.45) is 0.757. The number of carboxylic acids is 1. The number of hydrogen-bond donors (Lipinski definition) is 2. The highest BCUT2D eigenvalue weighted by Crippen LogP contribution is 2.25. The van der Waals surface area contributed by atoms with Gasteiger partial charge in [-0.25, -0.2) is 4.79 Å². The Morgan fingerprint density at radius 2 is 1.78 bits per heavy atom. The first-order valence-electron chi connectivity index (χ1n) is 6.84. The molecule has 0 radical (unpaired) electrons. The average Bonchev–Trinajstić information content (AvgIpc) is 2.63. The molecular formula is C15H19Cl3N2O3. The molecule has 1 aliphatic heterocycles. The highest BCUT2D eigenvalue weighted by Gasteiger charge is 2.41. The Morgan fingerprint density at radius 3 is 2.13 bits per heavy atom. The van der Waals surface area contributed by atoms with Gasteiger partial charge in [0, 0.05) is 7.05 Å². The first-order valence-corrected chi connectivity index (χ1v) is 7.98. The number of hydrogen-bond acceptors (Lipinski definition) is 3. The summed E-state index contributed by atoms with van der Waals surface area (Å²) in [5.41, 5.74) is 0.954. The third-order valence-electron chi connectivity index (χ3n) is 3.52. The molecule has 1 amide bonds. The topological polar surface area (TPSA) is 69.6 Å². The molecule has 23 heavy (non-hydrogen) atoms. The third kappa shape index (κ3) is 5.84. The van der Waals surface area contributed by atoms with Crippen LogP contribution in [0.2, 0.25) is 0 Å². The van der Waals surface area contributed by atoms with Crippen molar-refractivity contribution >= 4 is 46.7 Å². The van der Waals surface area contributed by atoms with Gasteiger partial charge in [0.05, 0.1) is 11.7 Å². The van der Waals surface area contributed by atoms with Gasteiger partial charge >= 0.3 is 5.97 Å². The van der Waals surface area contributed by atoms with Crippen molar-refractivity contribution in [3.8, 4) is 0 Å². The maximum absolute atomic E-state index is 12.0. The van der Waals surface area contributed by atoms with E-state index in [9.17, 15) is 9.59 Å². The van der Waals surface area contributed by atoms with Crippen LogP contribution in [0, 0.1) is 0 Å². The number of nitrogens with zero attached hydrogens (tertiary/aromatic N) is 1. The summed E-state index contributed by atoms with van der Waals surface area (Å²) < 4.78 is -2.17. The first kappa shape index (κ1) is 20.0. The fourth-order valence-corrected chi connectivity index (χ4v) is 2.08. The summed E-state index contributed by atoms with van der Waals surface area (Å²) in [6.45, 7) is 4.05. The number of carbonyl (C=O) groups is 2. The van der Waals surface area contributed by atoms with Gasteiger partial charge in [0.25, 0.3) is 3.79 Å². The number of rotatable bonds is 2. The molecule has 1 aromatic carbocycles. The van der Waals surface area contributed by atoms with Crippen molar-refractivity contribution in [1.29, 1.82) is 0 Å². The van der Waals surface area contributed by atoms with Crippen LogP contribution in [0.25, 0.3) is 0 Å². The fraction of sp³-hybridized carbons (Fsp3) is 0.467. The Balaban J connectivity index is 0.000000322. The molecule has 128 valence electrons. The molecule has 1 atom stereocenters. The quantitative estimate of drug-likeness (QED) is 0.773. The number of benzene rings is 1. The van der Waals surface area contributed by atoms with Gasteiger partial charge in [0.1, 0.15) is 0 Å². The van der Waals surface area contributed by atoms with Gasteiger partial charge in [-0.05, 0) is 25.8 Å². The molecule has 1 heterocycles. The molecule has 1 fully saturated rings. The second-order valence-corrected chi connectivity index (χ2v) is 7.93. The zero-order valence-corrected chi connectivity index (χ0v) is 15.3. The summed E-state index contributed by atoms with van der Waals surface area (Å²) in [7, 11) is 1.85. The highest BCUT2D eigenvalue weighted by molar-refractivity contribution is 6.75. The Morgan fingerprint density at radius 1 is 1.30 bits per heavy atom. The summed E-state index contributed by atoms with van der Waals surface area (Å²) in [4.78, 5) is 23.4. The standard InChI is InChI=1S/C13H18N2O.C2HCl3O2/c1-13(2)14-11(12(16)15(13)3)9-10-7-5-4-6-8-10;3-2(4,5)1(6)7/h4-8,11,14H,9H2,1-3H3;(H,6,7)/t11-;/m1./s1. The minimum atomic E-state index is -2.17. The van der Waals surface area contributed by atoms with E-state index in [1.165, 1.54) is 5.56 Å². The lowest BCUT2D eigenvalue weighted by atomic mass is 10.1. The van der Waals surface area contributed by atoms with Crippen molar-refractivity contribution in [2.75, 3.05) is 7.05 Å². The number of aliphatic carboxylic acids is 1. The molecule has 8 heteroatoms. The van der Waals surface area contributed by atoms with E-state index in [1.54, 1.807) is 4.90 Å². The van der Waals surface area contributed by atoms with E-state index in [0.29, 0.717) is 0 Å². The number of carbonyl (C=O) groups excluding carboxylic acids is 1. The maximum atomic E-state index is 12.0. The highest BCUT2D eigenvalue weighted by atomic mass is 35.6. The fourth-order valence-electron chi connectivity index (χ4n) is 2.08. The van der Waals surface area contributed by atoms with Gasteiger partial charge in [-0.3, -0.25) is 10.1 Å². The van der Waals surface area contributed by atoms with Crippen LogP contribution in [0.1, 0.15) is 19.4 Å². The second-order valence-electron chi connectivity index (χ2n) is 5.65. The zero-order chi connectivity index (χ0) is 17.8. The SMILES string of the molecule is CN1C(=O)[C@@H](Cc2ccccc2)NC1(C)C.O=C(O)C(Cl)(Cl)Cl. The minimum Gasteiger partial charge on any atom is -0.478 e. The van der Waals surface area contributed by atoms with Crippen molar-refractivity contribution in [3.63, 3.8) is 0 Å². The molecule has 1 saturated heterocycles. The molecule has 0 spiro atoms. The number of likely N-dealkylation sites (N-methyl/N-ethyl adjacent to an activating group) is 1. The van der Waals surface area contributed by atoms with Crippen LogP contribution >= 0.6 is 34.8 Å². The Kier molecular flexibility index (Phi) is 6.71.